The highest BCUT2D eigenvalue weighted by atomic mass is 35.5. The fourth-order valence-electron chi connectivity index (χ4n) is 1.85. The standard InChI is InChI=1S/C15H10ClN3O5S/c1-8-7-25-14(18-8)11(5-17)13(20)6-24-15(21)10-4-9(19(22)23)2-3-12(10)16/h2-4,7,11H,6H2,1H3/t11-/m1/s1. The minimum atomic E-state index is -1.15. The smallest absolute Gasteiger partial charge is 0.340 e. The van der Waals surface area contributed by atoms with Gasteiger partial charge in [0.2, 0.25) is 0 Å². The number of nitro benzene ring substituents is 1. The predicted molar refractivity (Wildman–Crippen MR) is 88.6 cm³/mol. The number of nitriles is 1. The maximum atomic E-state index is 12.1. The molecule has 1 aromatic heterocycles. The van der Waals surface area contributed by atoms with Gasteiger partial charge in [0.05, 0.1) is 21.6 Å². The Morgan fingerprint density at radius 1 is 1.52 bits per heavy atom. The van der Waals surface area contributed by atoms with E-state index >= 15 is 0 Å². The normalized spacial score (nSPS) is 11.4. The highest BCUT2D eigenvalue weighted by Crippen LogP contribution is 2.24. The van der Waals surface area contributed by atoms with E-state index in [9.17, 15) is 19.7 Å². The van der Waals surface area contributed by atoms with Crippen molar-refractivity contribution in [3.05, 3.63) is 55.0 Å². The Balaban J connectivity index is 2.09. The number of Topliss-reactive ketones (excluding diaryl/α,β-unsaturated/α-hetero) is 1. The quantitative estimate of drug-likeness (QED) is 0.429. The van der Waals surface area contributed by atoms with Gasteiger partial charge in [-0.15, -0.1) is 11.3 Å². The van der Waals surface area contributed by atoms with E-state index in [0.29, 0.717) is 10.7 Å². The topological polar surface area (TPSA) is 123 Å². The number of thiazole rings is 1. The molecule has 0 amide bonds. The summed E-state index contributed by atoms with van der Waals surface area (Å²) >= 11 is 6.99. The van der Waals surface area contributed by atoms with Crippen LogP contribution in [-0.2, 0) is 9.53 Å². The fourth-order valence-corrected chi connectivity index (χ4v) is 2.91. The summed E-state index contributed by atoms with van der Waals surface area (Å²) < 4.78 is 4.85. The molecule has 1 heterocycles. The summed E-state index contributed by atoms with van der Waals surface area (Å²) in [6, 6.07) is 5.11. The molecule has 0 aliphatic carbocycles. The Morgan fingerprint density at radius 3 is 2.80 bits per heavy atom. The van der Waals surface area contributed by atoms with Crippen molar-refractivity contribution in [2.45, 2.75) is 12.8 Å². The van der Waals surface area contributed by atoms with E-state index in [1.54, 1.807) is 12.3 Å². The molecule has 0 radical (unpaired) electrons. The van der Waals surface area contributed by atoms with Crippen LogP contribution in [0.5, 0.6) is 0 Å². The Kier molecular flexibility index (Phi) is 5.80. The molecule has 2 rings (SSSR count). The van der Waals surface area contributed by atoms with Crippen molar-refractivity contribution in [2.75, 3.05) is 6.61 Å². The number of halogens is 1. The average molecular weight is 380 g/mol. The van der Waals surface area contributed by atoms with Gasteiger partial charge in [-0.25, -0.2) is 9.78 Å². The van der Waals surface area contributed by atoms with Crippen LogP contribution in [0.2, 0.25) is 5.02 Å². The lowest BCUT2D eigenvalue weighted by molar-refractivity contribution is -0.384. The van der Waals surface area contributed by atoms with E-state index in [4.69, 9.17) is 21.6 Å². The van der Waals surface area contributed by atoms with Crippen molar-refractivity contribution in [3.8, 4) is 6.07 Å². The van der Waals surface area contributed by atoms with Gasteiger partial charge < -0.3 is 4.74 Å². The molecule has 0 bridgehead atoms. The summed E-state index contributed by atoms with van der Waals surface area (Å²) in [5.74, 6) is -2.78. The number of non-ortho nitro benzene ring substituents is 1. The second-order valence-corrected chi connectivity index (χ2v) is 6.15. The van der Waals surface area contributed by atoms with Crippen LogP contribution in [0.25, 0.3) is 0 Å². The van der Waals surface area contributed by atoms with Gasteiger partial charge in [-0.2, -0.15) is 5.26 Å². The first-order valence-corrected chi connectivity index (χ1v) is 8.04. The molecule has 0 aliphatic heterocycles. The van der Waals surface area contributed by atoms with Gasteiger partial charge in [0.1, 0.15) is 5.01 Å². The van der Waals surface area contributed by atoms with Gasteiger partial charge in [-0.1, -0.05) is 11.6 Å². The first kappa shape index (κ1) is 18.5. The minimum Gasteiger partial charge on any atom is -0.454 e. The highest BCUT2D eigenvalue weighted by molar-refractivity contribution is 7.09. The third-order valence-electron chi connectivity index (χ3n) is 3.06. The summed E-state index contributed by atoms with van der Waals surface area (Å²) in [6.07, 6.45) is 0. The zero-order valence-electron chi connectivity index (χ0n) is 12.8. The molecule has 1 atom stereocenters. The number of carbonyl (C=O) groups excluding carboxylic acids is 2. The van der Waals surface area contributed by atoms with Crippen LogP contribution < -0.4 is 0 Å². The molecule has 0 spiro atoms. The van der Waals surface area contributed by atoms with Crippen LogP contribution in [0, 0.1) is 28.4 Å². The van der Waals surface area contributed by atoms with Crippen LogP contribution in [0.15, 0.2) is 23.6 Å². The molecule has 25 heavy (non-hydrogen) atoms. The molecule has 8 nitrogen and oxygen atoms in total. The first-order valence-electron chi connectivity index (χ1n) is 6.79. The Morgan fingerprint density at radius 2 is 2.24 bits per heavy atom. The van der Waals surface area contributed by atoms with Gasteiger partial charge in [0.15, 0.2) is 18.3 Å². The Labute approximate surface area is 150 Å². The maximum Gasteiger partial charge on any atom is 0.340 e. The lowest BCUT2D eigenvalue weighted by atomic mass is 10.1. The average Bonchev–Trinajstić information content (AvgIpc) is 2.99. The number of ether oxygens (including phenoxy) is 1. The number of hydrogen-bond acceptors (Lipinski definition) is 8. The maximum absolute atomic E-state index is 12.1. The second-order valence-electron chi connectivity index (χ2n) is 4.85. The number of nitro groups is 1. The molecule has 128 valence electrons. The molecule has 10 heteroatoms. The van der Waals surface area contributed by atoms with Crippen molar-refractivity contribution >= 4 is 40.4 Å². The minimum absolute atomic E-state index is 0.0459. The summed E-state index contributed by atoms with van der Waals surface area (Å²) in [4.78, 5) is 38.3. The monoisotopic (exact) mass is 379 g/mol. The van der Waals surface area contributed by atoms with Gasteiger partial charge in [0, 0.05) is 23.2 Å². The van der Waals surface area contributed by atoms with Crippen molar-refractivity contribution in [2.24, 2.45) is 0 Å². The number of hydrogen-bond donors (Lipinski definition) is 0. The number of rotatable bonds is 6. The molecule has 0 fully saturated rings. The second kappa shape index (κ2) is 7.83. The SMILES string of the molecule is Cc1csc([C@H](C#N)C(=O)COC(=O)c2cc([N+](=O)[O-])ccc2Cl)n1. The molecule has 2 aromatic rings. The summed E-state index contributed by atoms with van der Waals surface area (Å²) in [6.45, 7) is 1.05. The van der Waals surface area contributed by atoms with E-state index < -0.39 is 29.2 Å². The van der Waals surface area contributed by atoms with Gasteiger partial charge in [0.25, 0.3) is 5.69 Å². The highest BCUT2D eigenvalue weighted by Gasteiger charge is 2.25. The van der Waals surface area contributed by atoms with Gasteiger partial charge in [-0.05, 0) is 13.0 Å². The Hall–Kier alpha value is -2.83. The van der Waals surface area contributed by atoms with Crippen LogP contribution in [0.1, 0.15) is 27.0 Å². The number of esters is 1. The fraction of sp³-hybridized carbons (Fsp3) is 0.200. The van der Waals surface area contributed by atoms with Crippen molar-refractivity contribution < 1.29 is 19.2 Å². The van der Waals surface area contributed by atoms with E-state index in [1.807, 2.05) is 6.07 Å². The van der Waals surface area contributed by atoms with Gasteiger partial charge in [-0.3, -0.25) is 14.9 Å². The predicted octanol–water partition coefficient (Wildman–Crippen LogP) is 3.05. The van der Waals surface area contributed by atoms with Crippen LogP contribution in [0.4, 0.5) is 5.69 Å². The number of aryl methyl sites for hydroxylation is 1. The first-order chi connectivity index (χ1) is 11.8. The molecular weight excluding hydrogens is 370 g/mol. The van der Waals surface area contributed by atoms with E-state index in [-0.39, 0.29) is 16.3 Å². The van der Waals surface area contributed by atoms with Crippen molar-refractivity contribution in [3.63, 3.8) is 0 Å². The largest absolute Gasteiger partial charge is 0.454 e. The molecule has 0 saturated heterocycles. The number of benzene rings is 1. The zero-order chi connectivity index (χ0) is 18.6. The van der Waals surface area contributed by atoms with E-state index in [0.717, 1.165) is 23.5 Å². The van der Waals surface area contributed by atoms with Gasteiger partial charge >= 0.3 is 5.97 Å². The van der Waals surface area contributed by atoms with E-state index in [1.165, 1.54) is 6.07 Å². The molecule has 0 saturated carbocycles. The van der Waals surface area contributed by atoms with E-state index in [2.05, 4.69) is 4.98 Å². The van der Waals surface area contributed by atoms with Crippen LogP contribution in [-0.4, -0.2) is 28.3 Å². The zero-order valence-corrected chi connectivity index (χ0v) is 14.3. The number of aromatic nitrogens is 1. The molecule has 1 aromatic carbocycles. The van der Waals surface area contributed by atoms with Crippen LogP contribution in [0.3, 0.4) is 0 Å². The molecule has 0 unspecified atom stereocenters. The lowest BCUT2D eigenvalue weighted by Crippen LogP contribution is -2.20. The summed E-state index contributed by atoms with van der Waals surface area (Å²) in [5.41, 5.74) is 0.103. The molecular formula is C15H10ClN3O5S. The number of carbonyl (C=O) groups is 2. The van der Waals surface area contributed by atoms with Crippen molar-refractivity contribution in [1.82, 2.24) is 4.98 Å². The molecule has 0 aliphatic rings. The summed E-state index contributed by atoms with van der Waals surface area (Å²) in [5, 5.41) is 21.9. The third kappa shape index (κ3) is 4.37. The van der Waals surface area contributed by atoms with Crippen LogP contribution >= 0.6 is 22.9 Å². The molecule has 0 N–H and O–H groups in total. The summed E-state index contributed by atoms with van der Waals surface area (Å²) in [7, 11) is 0. The number of ketones is 1. The Bertz CT molecular complexity index is 890. The van der Waals surface area contributed by atoms with Crippen molar-refractivity contribution in [1.29, 1.82) is 5.26 Å². The number of nitrogens with zero attached hydrogens (tertiary/aromatic N) is 3. The lowest BCUT2D eigenvalue weighted by Gasteiger charge is -2.08. The third-order valence-corrected chi connectivity index (χ3v) is 4.42.